The molecule has 0 fully saturated rings. The van der Waals surface area contributed by atoms with Gasteiger partial charge in [-0.25, -0.2) is 9.78 Å². The number of hydrogen-bond donors (Lipinski definition) is 1. The number of thiophene rings is 1. The topological polar surface area (TPSA) is 68.3 Å². The van der Waals surface area contributed by atoms with Crippen molar-refractivity contribution in [3.8, 4) is 9.88 Å². The van der Waals surface area contributed by atoms with E-state index in [-0.39, 0.29) is 0 Å². The van der Waals surface area contributed by atoms with Gasteiger partial charge in [-0.1, -0.05) is 60.1 Å². The molecule has 1 atom stereocenters. The molecule has 0 saturated heterocycles. The molecule has 1 unspecified atom stereocenters. The van der Waals surface area contributed by atoms with Gasteiger partial charge in [-0.15, -0.1) is 22.7 Å². The van der Waals surface area contributed by atoms with Gasteiger partial charge in [-0.3, -0.25) is 4.79 Å². The highest BCUT2D eigenvalue weighted by molar-refractivity contribution is 7.26. The van der Waals surface area contributed by atoms with Gasteiger partial charge in [-0.05, 0) is 48.9 Å². The summed E-state index contributed by atoms with van der Waals surface area (Å²) < 4.78 is 6.81. The van der Waals surface area contributed by atoms with Crippen LogP contribution in [0.3, 0.4) is 0 Å². The number of anilines is 1. The number of amides is 1. The van der Waals surface area contributed by atoms with Gasteiger partial charge in [0.15, 0.2) is 0 Å². The molecule has 0 aliphatic carbocycles. The molecule has 35 heavy (non-hydrogen) atoms. The minimum absolute atomic E-state index is 0.395. The third kappa shape index (κ3) is 5.12. The zero-order valence-corrected chi connectivity index (χ0v) is 20.9. The van der Waals surface area contributed by atoms with Gasteiger partial charge < -0.3 is 10.1 Å². The second-order valence-corrected chi connectivity index (χ2v) is 10.3. The van der Waals surface area contributed by atoms with Crippen molar-refractivity contribution in [2.75, 3.05) is 5.32 Å². The number of nitrogens with zero attached hydrogens (tertiary/aromatic N) is 1. The van der Waals surface area contributed by atoms with Gasteiger partial charge in [-0.2, -0.15) is 0 Å². The minimum Gasteiger partial charge on any atom is -0.443 e. The van der Waals surface area contributed by atoms with Gasteiger partial charge in [0.2, 0.25) is 6.10 Å². The summed E-state index contributed by atoms with van der Waals surface area (Å²) in [6.45, 7) is 1.88. The van der Waals surface area contributed by atoms with Crippen molar-refractivity contribution >= 4 is 62.1 Å². The number of carbonyl (C=O) groups excluding carboxylic acids is 2. The summed E-state index contributed by atoms with van der Waals surface area (Å²) in [5, 5.41) is 4.18. The molecule has 2 aromatic heterocycles. The average Bonchev–Trinajstić information content (AvgIpc) is 3.52. The maximum atomic E-state index is 13.2. The van der Waals surface area contributed by atoms with Gasteiger partial charge >= 0.3 is 5.97 Å². The van der Waals surface area contributed by atoms with Crippen LogP contribution in [0.2, 0.25) is 5.02 Å². The van der Waals surface area contributed by atoms with E-state index in [1.807, 2.05) is 49.4 Å². The predicted octanol–water partition coefficient (Wildman–Crippen LogP) is 7.52. The number of ether oxygens (including phenoxy) is 1. The van der Waals surface area contributed by atoms with Crippen molar-refractivity contribution in [1.29, 1.82) is 0 Å². The number of rotatable bonds is 6. The molecule has 5 nitrogen and oxygen atoms in total. The number of fused-ring (bicyclic) bond motifs is 1. The lowest BCUT2D eigenvalue weighted by atomic mass is 10.1. The normalized spacial score (nSPS) is 11.8. The molecule has 0 spiro atoms. The number of aromatic nitrogens is 1. The van der Waals surface area contributed by atoms with Crippen LogP contribution >= 0.6 is 34.3 Å². The molecule has 1 N–H and O–H groups in total. The molecule has 0 aliphatic rings. The summed E-state index contributed by atoms with van der Waals surface area (Å²) in [5.41, 5.74) is 2.91. The van der Waals surface area contributed by atoms with Crippen molar-refractivity contribution < 1.29 is 14.3 Å². The van der Waals surface area contributed by atoms with Crippen LogP contribution in [0.15, 0.2) is 84.9 Å². The van der Waals surface area contributed by atoms with Gasteiger partial charge in [0.05, 0.1) is 15.1 Å². The number of benzene rings is 3. The monoisotopic (exact) mass is 518 g/mol. The summed E-state index contributed by atoms with van der Waals surface area (Å²) in [6.07, 6.45) is -1.13. The predicted molar refractivity (Wildman–Crippen MR) is 142 cm³/mol. The first-order valence-electron chi connectivity index (χ1n) is 10.8. The lowest BCUT2D eigenvalue weighted by Gasteiger charge is -2.18. The smallest absolute Gasteiger partial charge is 0.349 e. The summed E-state index contributed by atoms with van der Waals surface area (Å²) in [4.78, 5) is 32.2. The molecular formula is C27H19ClN2O3S2. The third-order valence-electron chi connectivity index (χ3n) is 5.32. The second-order valence-electron chi connectivity index (χ2n) is 7.80. The van der Waals surface area contributed by atoms with Crippen LogP contribution in [-0.2, 0) is 9.53 Å². The highest BCUT2D eigenvalue weighted by Crippen LogP contribution is 2.35. The Bertz CT molecular complexity index is 1500. The van der Waals surface area contributed by atoms with E-state index >= 15 is 0 Å². The Morgan fingerprint density at radius 1 is 0.943 bits per heavy atom. The molecule has 0 aliphatic heterocycles. The molecule has 5 aromatic rings. The molecule has 174 valence electrons. The van der Waals surface area contributed by atoms with Crippen LogP contribution in [-0.4, -0.2) is 16.9 Å². The SMILES string of the molecule is Cc1ccc(NC(=O)C(OC(=O)c2ccc(-c3nc4ccccc4s3)s2)c2ccccc2)cc1Cl. The fourth-order valence-electron chi connectivity index (χ4n) is 3.48. The van der Waals surface area contributed by atoms with E-state index in [1.165, 1.54) is 11.3 Å². The molecule has 2 heterocycles. The highest BCUT2D eigenvalue weighted by atomic mass is 35.5. The van der Waals surface area contributed by atoms with Crippen molar-refractivity contribution in [2.24, 2.45) is 0 Å². The van der Waals surface area contributed by atoms with E-state index in [1.54, 1.807) is 53.8 Å². The van der Waals surface area contributed by atoms with Crippen LogP contribution in [0.25, 0.3) is 20.1 Å². The van der Waals surface area contributed by atoms with Crippen molar-refractivity contribution in [2.45, 2.75) is 13.0 Å². The third-order valence-corrected chi connectivity index (χ3v) is 7.99. The van der Waals surface area contributed by atoms with Crippen LogP contribution in [0.1, 0.15) is 26.9 Å². The standard InChI is InChI=1S/C27H19ClN2O3S2/c1-16-11-12-18(15-19(16)28)29-25(31)24(17-7-3-2-4-8-17)33-27(32)23-14-13-22(34-23)26-30-20-9-5-6-10-21(20)35-26/h2-15,24H,1H3,(H,29,31). The summed E-state index contributed by atoms with van der Waals surface area (Å²) >= 11 is 9.05. The Morgan fingerprint density at radius 3 is 2.49 bits per heavy atom. The van der Waals surface area contributed by atoms with Crippen LogP contribution in [0, 0.1) is 6.92 Å². The summed E-state index contributed by atoms with van der Waals surface area (Å²) in [6, 6.07) is 25.6. The van der Waals surface area contributed by atoms with Gasteiger partial charge in [0.1, 0.15) is 9.88 Å². The first-order valence-corrected chi connectivity index (χ1v) is 12.8. The fraction of sp³-hybridized carbons (Fsp3) is 0.0741. The number of aryl methyl sites for hydroxylation is 1. The number of nitrogens with one attached hydrogen (secondary N) is 1. The Labute approximate surface area is 215 Å². The highest BCUT2D eigenvalue weighted by Gasteiger charge is 2.27. The maximum Gasteiger partial charge on any atom is 0.349 e. The number of thiazole rings is 1. The molecule has 0 saturated carbocycles. The van der Waals surface area contributed by atoms with E-state index in [0.717, 1.165) is 25.7 Å². The number of esters is 1. The molecule has 3 aromatic carbocycles. The average molecular weight is 519 g/mol. The van der Waals surface area contributed by atoms with Crippen LogP contribution in [0.4, 0.5) is 5.69 Å². The fourth-order valence-corrected chi connectivity index (χ4v) is 5.57. The Balaban J connectivity index is 1.38. The lowest BCUT2D eigenvalue weighted by Crippen LogP contribution is -2.25. The van der Waals surface area contributed by atoms with Crippen molar-refractivity contribution in [3.05, 3.63) is 106 Å². The maximum absolute atomic E-state index is 13.2. The van der Waals surface area contributed by atoms with Gasteiger partial charge in [0.25, 0.3) is 5.91 Å². The zero-order valence-electron chi connectivity index (χ0n) is 18.5. The first kappa shape index (κ1) is 23.2. The van der Waals surface area contributed by atoms with E-state index < -0.39 is 18.0 Å². The number of hydrogen-bond acceptors (Lipinski definition) is 6. The Morgan fingerprint density at radius 2 is 1.71 bits per heavy atom. The largest absolute Gasteiger partial charge is 0.443 e. The van der Waals surface area contributed by atoms with E-state index in [4.69, 9.17) is 16.3 Å². The summed E-state index contributed by atoms with van der Waals surface area (Å²) in [5.74, 6) is -1.04. The molecular weight excluding hydrogens is 500 g/mol. The lowest BCUT2D eigenvalue weighted by molar-refractivity contribution is -0.125. The van der Waals surface area contributed by atoms with Crippen molar-refractivity contribution in [3.63, 3.8) is 0 Å². The van der Waals surface area contributed by atoms with Crippen LogP contribution in [0.5, 0.6) is 0 Å². The van der Waals surface area contributed by atoms with E-state index in [9.17, 15) is 9.59 Å². The number of halogens is 1. The number of carbonyl (C=O) groups is 2. The van der Waals surface area contributed by atoms with Gasteiger partial charge in [0, 0.05) is 16.3 Å². The molecule has 0 radical (unpaired) electrons. The van der Waals surface area contributed by atoms with E-state index in [2.05, 4.69) is 10.3 Å². The molecule has 5 rings (SSSR count). The van der Waals surface area contributed by atoms with Crippen molar-refractivity contribution in [1.82, 2.24) is 4.98 Å². The first-order chi connectivity index (χ1) is 17.0. The Hall–Kier alpha value is -3.52. The molecule has 0 bridgehead atoms. The van der Waals surface area contributed by atoms with Crippen LogP contribution < -0.4 is 5.32 Å². The Kier molecular flexibility index (Phi) is 6.63. The quantitative estimate of drug-likeness (QED) is 0.236. The second kappa shape index (κ2) is 10.00. The number of para-hydroxylation sites is 1. The minimum atomic E-state index is -1.13. The molecule has 8 heteroatoms. The van der Waals surface area contributed by atoms with E-state index in [0.29, 0.717) is 21.2 Å². The zero-order chi connectivity index (χ0) is 24.4. The molecule has 1 amide bonds. The summed E-state index contributed by atoms with van der Waals surface area (Å²) in [7, 11) is 0.